The van der Waals surface area contributed by atoms with Gasteiger partial charge in [-0.3, -0.25) is 0 Å². The highest BCUT2D eigenvalue weighted by atomic mass is 16.5. The van der Waals surface area contributed by atoms with E-state index in [2.05, 4.69) is 15.5 Å². The molecule has 2 rings (SSSR count). The van der Waals surface area contributed by atoms with Crippen molar-refractivity contribution in [2.75, 3.05) is 6.61 Å². The third-order valence-corrected chi connectivity index (χ3v) is 1.84. The number of carbonyl (C=O) groups is 1. The smallest absolute Gasteiger partial charge is 0.404 e. The molecule has 1 heterocycles. The molecule has 6 nitrogen and oxygen atoms in total. The molecule has 0 saturated heterocycles. The Morgan fingerprint density at radius 1 is 1.50 bits per heavy atom. The predicted molar refractivity (Wildman–Crippen MR) is 64.4 cm³/mol. The summed E-state index contributed by atoms with van der Waals surface area (Å²) in [6.07, 6.45) is 0.564. The molecule has 0 radical (unpaired) electrons. The van der Waals surface area contributed by atoms with Crippen LogP contribution in [0.2, 0.25) is 0 Å². The van der Waals surface area contributed by atoms with E-state index in [0.717, 1.165) is 11.1 Å². The summed E-state index contributed by atoms with van der Waals surface area (Å²) in [6, 6.07) is 7.67. The van der Waals surface area contributed by atoms with Crippen LogP contribution in [-0.2, 0) is 9.53 Å². The molecule has 1 aromatic heterocycles. The van der Waals surface area contributed by atoms with Crippen LogP contribution in [0.15, 0.2) is 40.6 Å². The molecule has 0 aliphatic heterocycles. The first-order chi connectivity index (χ1) is 8.63. The Morgan fingerprint density at radius 3 is 2.83 bits per heavy atom. The summed E-state index contributed by atoms with van der Waals surface area (Å²) >= 11 is 0. The highest BCUT2D eigenvalue weighted by Crippen LogP contribution is 2.09. The predicted octanol–water partition coefficient (Wildman–Crippen LogP) is 1.69. The van der Waals surface area contributed by atoms with Crippen LogP contribution in [0.4, 0.5) is 4.79 Å². The molecular formula is C12H12N2O4. The fourth-order valence-electron chi connectivity index (χ4n) is 1.01. The molecule has 18 heavy (non-hydrogen) atoms. The number of oxazole rings is 1. The Morgan fingerprint density at radius 2 is 2.22 bits per heavy atom. The molecule has 0 atom stereocenters. The molecule has 0 bridgehead atoms. The molecule has 1 amide bonds. The molecule has 0 aliphatic carbocycles. The quantitative estimate of drug-likeness (QED) is 0.816. The Hall–Kier alpha value is -2.59. The van der Waals surface area contributed by atoms with Crippen molar-refractivity contribution < 1.29 is 18.7 Å². The number of nitrogens with two attached hydrogens (primary N) is 1. The van der Waals surface area contributed by atoms with Crippen LogP contribution in [-0.4, -0.2) is 23.6 Å². The van der Waals surface area contributed by atoms with E-state index in [9.17, 15) is 9.59 Å². The van der Waals surface area contributed by atoms with Crippen molar-refractivity contribution in [1.29, 1.82) is 0 Å². The van der Waals surface area contributed by atoms with Crippen LogP contribution in [0.1, 0.15) is 6.92 Å². The molecule has 0 fully saturated rings. The molecule has 94 valence electrons. The largest absolute Gasteiger partial charge is 0.444 e. The number of nitrogens with zero attached hydrogens (tertiary/aromatic N) is 1. The normalized spacial score (nSPS) is 8.94. The molecule has 0 saturated carbocycles. The van der Waals surface area contributed by atoms with E-state index < -0.39 is 6.09 Å². The lowest BCUT2D eigenvalue weighted by Crippen LogP contribution is -2.14. The van der Waals surface area contributed by atoms with Crippen molar-refractivity contribution in [2.24, 2.45) is 5.73 Å². The molecule has 2 aromatic rings. The monoisotopic (exact) mass is 248 g/mol. The van der Waals surface area contributed by atoms with E-state index in [4.69, 9.17) is 4.42 Å². The Balaban J connectivity index is 0.000000180. The van der Waals surface area contributed by atoms with E-state index in [1.165, 1.54) is 13.3 Å². The molecule has 6 heteroatoms. The molecule has 2 N–H and O–H groups in total. The zero-order valence-corrected chi connectivity index (χ0v) is 9.75. The van der Waals surface area contributed by atoms with Crippen molar-refractivity contribution >= 4 is 23.1 Å². The highest BCUT2D eigenvalue weighted by Gasteiger charge is 1.93. The van der Waals surface area contributed by atoms with Gasteiger partial charge in [0.05, 0.1) is 0 Å². The Bertz CT molecular complexity index is 540. The van der Waals surface area contributed by atoms with E-state index >= 15 is 0 Å². The van der Waals surface area contributed by atoms with Crippen molar-refractivity contribution in [3.05, 3.63) is 36.2 Å². The second kappa shape index (κ2) is 6.88. The second-order valence-corrected chi connectivity index (χ2v) is 3.31. The number of hydrogen-bond donors (Lipinski definition) is 1. The van der Waals surface area contributed by atoms with Gasteiger partial charge in [-0.15, -0.1) is 0 Å². The number of aromatic nitrogens is 1. The number of ether oxygens (including phenoxy) is 1. The fraction of sp³-hybridized carbons (Fsp3) is 0.167. The fourth-order valence-corrected chi connectivity index (χ4v) is 1.01. The second-order valence-electron chi connectivity index (χ2n) is 3.31. The number of benzene rings is 1. The molecule has 0 unspecified atom stereocenters. The van der Waals surface area contributed by atoms with Crippen molar-refractivity contribution in [2.45, 2.75) is 6.92 Å². The summed E-state index contributed by atoms with van der Waals surface area (Å²) in [5.41, 5.74) is 6.66. The third kappa shape index (κ3) is 4.51. The number of fused-ring (bicyclic) bond motifs is 1. The lowest BCUT2D eigenvalue weighted by atomic mass is 10.3. The molecule has 0 spiro atoms. The van der Waals surface area contributed by atoms with Crippen LogP contribution in [0, 0.1) is 0 Å². The lowest BCUT2D eigenvalue weighted by Gasteiger charge is -1.95. The summed E-state index contributed by atoms with van der Waals surface area (Å²) in [5, 5.41) is 0. The third-order valence-electron chi connectivity index (χ3n) is 1.84. The molecule has 1 aromatic carbocycles. The maximum atomic E-state index is 9.88. The first kappa shape index (κ1) is 13.5. The summed E-state index contributed by atoms with van der Waals surface area (Å²) in [7, 11) is 0. The van der Waals surface area contributed by atoms with Crippen LogP contribution >= 0.6 is 0 Å². The van der Waals surface area contributed by atoms with Gasteiger partial charge in [0, 0.05) is 5.57 Å². The Kier molecular flexibility index (Phi) is 5.15. The standard InChI is InChI=1S/C7H5NO.C5H7NO3/c1-2-4-7-6(3-1)8-5-9-7;1-4(2-7)3-9-5(6)8/h1-5H;3H2,1H3,(H2,6,8). The topological polar surface area (TPSA) is 95.4 Å². The average Bonchev–Trinajstić information content (AvgIpc) is 2.84. The zero-order valence-electron chi connectivity index (χ0n) is 9.75. The highest BCUT2D eigenvalue weighted by molar-refractivity contribution is 5.71. The lowest BCUT2D eigenvalue weighted by molar-refractivity contribution is 0.167. The van der Waals surface area contributed by atoms with Gasteiger partial charge in [0.15, 0.2) is 12.0 Å². The number of hydrogen-bond acceptors (Lipinski definition) is 5. The van der Waals surface area contributed by atoms with Crippen molar-refractivity contribution in [3.63, 3.8) is 0 Å². The number of para-hydroxylation sites is 2. The van der Waals surface area contributed by atoms with Crippen LogP contribution in [0.3, 0.4) is 0 Å². The van der Waals surface area contributed by atoms with Gasteiger partial charge in [-0.2, -0.15) is 0 Å². The maximum Gasteiger partial charge on any atom is 0.404 e. The Labute approximate surface area is 103 Å². The van der Waals surface area contributed by atoms with E-state index in [1.807, 2.05) is 24.3 Å². The van der Waals surface area contributed by atoms with E-state index in [0.29, 0.717) is 5.57 Å². The number of primary amides is 1. The summed E-state index contributed by atoms with van der Waals surface area (Å²) in [6.45, 7) is 1.43. The van der Waals surface area contributed by atoms with Crippen molar-refractivity contribution in [1.82, 2.24) is 4.98 Å². The van der Waals surface area contributed by atoms with Gasteiger partial charge in [-0.25, -0.2) is 14.6 Å². The minimum absolute atomic E-state index is 0.0706. The van der Waals surface area contributed by atoms with Gasteiger partial charge >= 0.3 is 6.09 Å². The van der Waals surface area contributed by atoms with Crippen LogP contribution < -0.4 is 5.73 Å². The average molecular weight is 248 g/mol. The van der Waals surface area contributed by atoms with Crippen molar-refractivity contribution in [3.8, 4) is 0 Å². The first-order valence-electron chi connectivity index (χ1n) is 5.04. The summed E-state index contributed by atoms with van der Waals surface area (Å²) in [4.78, 5) is 23.6. The van der Waals surface area contributed by atoms with Gasteiger partial charge < -0.3 is 14.9 Å². The first-order valence-corrected chi connectivity index (χ1v) is 5.04. The van der Waals surface area contributed by atoms with Gasteiger partial charge in [0.2, 0.25) is 0 Å². The summed E-state index contributed by atoms with van der Waals surface area (Å²) in [5.74, 6) is 1.55. The van der Waals surface area contributed by atoms with Gasteiger partial charge in [-0.05, 0) is 19.1 Å². The number of amides is 1. The maximum absolute atomic E-state index is 9.88. The van der Waals surface area contributed by atoms with E-state index in [1.54, 1.807) is 5.94 Å². The SMILES string of the molecule is CC(=C=O)COC(N)=O.c1ccc2ocnc2c1. The minimum Gasteiger partial charge on any atom is -0.444 e. The zero-order chi connectivity index (χ0) is 13.4. The van der Waals surface area contributed by atoms with Crippen LogP contribution in [0.25, 0.3) is 11.1 Å². The number of carbonyl (C=O) groups excluding carboxylic acids is 2. The van der Waals surface area contributed by atoms with Gasteiger partial charge in [-0.1, -0.05) is 12.1 Å². The molecular weight excluding hydrogens is 236 g/mol. The molecule has 0 aliphatic rings. The minimum atomic E-state index is -0.885. The summed E-state index contributed by atoms with van der Waals surface area (Å²) < 4.78 is 9.24. The van der Waals surface area contributed by atoms with E-state index in [-0.39, 0.29) is 6.61 Å². The van der Waals surface area contributed by atoms with Crippen LogP contribution in [0.5, 0.6) is 0 Å². The number of rotatable bonds is 2. The van der Waals surface area contributed by atoms with Gasteiger partial charge in [0.25, 0.3) is 0 Å². The van der Waals surface area contributed by atoms with Gasteiger partial charge in [0.1, 0.15) is 18.1 Å².